The topological polar surface area (TPSA) is 89.3 Å². The minimum absolute atomic E-state index is 0.00885. The molecule has 0 amide bonds. The van der Waals surface area contributed by atoms with Gasteiger partial charge in [0, 0.05) is 16.4 Å². The fourth-order valence-corrected chi connectivity index (χ4v) is 3.54. The number of benzene rings is 1. The molecule has 0 bridgehead atoms. The number of aromatic nitrogens is 2. The van der Waals surface area contributed by atoms with E-state index in [0.717, 1.165) is 26.4 Å². The number of hydrogen-bond acceptors (Lipinski definition) is 5. The summed E-state index contributed by atoms with van der Waals surface area (Å²) >= 11 is 3.26. The van der Waals surface area contributed by atoms with Gasteiger partial charge in [0.1, 0.15) is 9.84 Å². The monoisotopic (exact) mass is 440 g/mol. The molecule has 0 saturated heterocycles. The highest BCUT2D eigenvalue weighted by Crippen LogP contribution is 2.25. The van der Waals surface area contributed by atoms with Crippen molar-refractivity contribution in [3.05, 3.63) is 21.8 Å². The molecule has 0 aliphatic rings. The summed E-state index contributed by atoms with van der Waals surface area (Å²) in [5.74, 6) is -1.05. The maximum absolute atomic E-state index is 11.4. The van der Waals surface area contributed by atoms with Gasteiger partial charge in [0.2, 0.25) is 0 Å². The Bertz CT molecular complexity index is 786. The number of carbonyl (C=O) groups is 1. The summed E-state index contributed by atoms with van der Waals surface area (Å²) in [4.78, 5) is 15.1. The normalized spacial score (nSPS) is 11.9. The summed E-state index contributed by atoms with van der Waals surface area (Å²) in [5, 5.41) is 9.31. The van der Waals surface area contributed by atoms with E-state index in [1.54, 1.807) is 4.57 Å². The quantitative estimate of drug-likeness (QED) is 0.545. The summed E-state index contributed by atoms with van der Waals surface area (Å²) in [6, 6.07) is 5.67. The first-order valence-corrected chi connectivity index (χ1v) is 10.1. The number of aryl methyl sites for hydroxylation is 1. The number of carboxylic acid groups (broad SMARTS) is 1. The van der Waals surface area contributed by atoms with Crippen LogP contribution < -0.4 is 0 Å². The first kappa shape index (κ1) is 16.6. The van der Waals surface area contributed by atoms with Crippen molar-refractivity contribution in [3.8, 4) is 0 Å². The van der Waals surface area contributed by atoms with E-state index in [9.17, 15) is 13.2 Å². The molecule has 1 aromatic carbocycles. The Morgan fingerprint density at radius 1 is 1.48 bits per heavy atom. The van der Waals surface area contributed by atoms with Crippen LogP contribution in [0.5, 0.6) is 0 Å². The third-order valence-electron chi connectivity index (χ3n) is 2.69. The largest absolute Gasteiger partial charge is 0.481 e. The van der Waals surface area contributed by atoms with Gasteiger partial charge in [0.05, 0.1) is 22.5 Å². The number of carboxylic acids is 1. The molecular formula is C12H13IN2O4S2. The molecule has 9 heteroatoms. The molecule has 0 aliphatic heterocycles. The Labute approximate surface area is 140 Å². The van der Waals surface area contributed by atoms with Crippen LogP contribution in [-0.2, 0) is 21.2 Å². The third kappa shape index (κ3) is 4.58. The van der Waals surface area contributed by atoms with Crippen LogP contribution in [0.3, 0.4) is 0 Å². The van der Waals surface area contributed by atoms with Gasteiger partial charge in [-0.15, -0.1) is 0 Å². The average Bonchev–Trinajstić information content (AvgIpc) is 2.69. The zero-order chi connectivity index (χ0) is 15.6. The molecule has 114 valence electrons. The van der Waals surface area contributed by atoms with E-state index in [4.69, 9.17) is 5.11 Å². The highest BCUT2D eigenvalue weighted by atomic mass is 127. The molecule has 1 heterocycles. The van der Waals surface area contributed by atoms with Gasteiger partial charge in [0.25, 0.3) is 0 Å². The van der Waals surface area contributed by atoms with Gasteiger partial charge in [-0.25, -0.2) is 13.4 Å². The standard InChI is InChI=1S/C12H13IN2O4S2/c1-21(18,19)5-4-15-10-3-2-8(13)6-9(10)14-12(15)20-7-11(16)17/h2-3,6H,4-5,7H2,1H3,(H,16,17). The lowest BCUT2D eigenvalue weighted by molar-refractivity contribution is -0.133. The minimum Gasteiger partial charge on any atom is -0.481 e. The van der Waals surface area contributed by atoms with E-state index in [2.05, 4.69) is 27.6 Å². The number of hydrogen-bond donors (Lipinski definition) is 1. The fourth-order valence-electron chi connectivity index (χ4n) is 1.79. The van der Waals surface area contributed by atoms with Crippen molar-refractivity contribution in [2.75, 3.05) is 17.8 Å². The van der Waals surface area contributed by atoms with E-state index in [0.29, 0.717) is 5.16 Å². The highest BCUT2D eigenvalue weighted by Gasteiger charge is 2.14. The first-order valence-electron chi connectivity index (χ1n) is 5.94. The number of nitrogens with zero attached hydrogens (tertiary/aromatic N) is 2. The molecule has 0 spiro atoms. The van der Waals surface area contributed by atoms with Gasteiger partial charge in [-0.05, 0) is 40.8 Å². The van der Waals surface area contributed by atoms with Crippen molar-refractivity contribution in [1.29, 1.82) is 0 Å². The number of thioether (sulfide) groups is 1. The Hall–Kier alpha value is -0.810. The predicted octanol–water partition coefficient (Wildman–Crippen LogP) is 1.86. The molecule has 21 heavy (non-hydrogen) atoms. The lowest BCUT2D eigenvalue weighted by Crippen LogP contribution is -2.12. The highest BCUT2D eigenvalue weighted by molar-refractivity contribution is 14.1. The zero-order valence-corrected chi connectivity index (χ0v) is 14.9. The van der Waals surface area contributed by atoms with E-state index in [-0.39, 0.29) is 18.1 Å². The Morgan fingerprint density at radius 3 is 2.81 bits per heavy atom. The van der Waals surface area contributed by atoms with Crippen LogP contribution in [-0.4, -0.2) is 46.8 Å². The average molecular weight is 440 g/mol. The van der Waals surface area contributed by atoms with Crippen LogP contribution in [0.1, 0.15) is 0 Å². The maximum atomic E-state index is 11.4. The third-order valence-corrected chi connectivity index (χ3v) is 5.24. The van der Waals surface area contributed by atoms with Crippen LogP contribution in [0.15, 0.2) is 23.4 Å². The Morgan fingerprint density at radius 2 is 2.19 bits per heavy atom. The number of rotatable bonds is 6. The molecule has 2 aromatic rings. The van der Waals surface area contributed by atoms with Crippen molar-refractivity contribution >= 4 is 61.2 Å². The van der Waals surface area contributed by atoms with E-state index in [1.807, 2.05) is 18.2 Å². The lowest BCUT2D eigenvalue weighted by Gasteiger charge is -2.07. The van der Waals surface area contributed by atoms with Gasteiger partial charge in [0.15, 0.2) is 5.16 Å². The van der Waals surface area contributed by atoms with Gasteiger partial charge in [-0.1, -0.05) is 11.8 Å². The molecule has 2 rings (SSSR count). The number of fused-ring (bicyclic) bond motifs is 1. The van der Waals surface area contributed by atoms with Crippen LogP contribution >= 0.6 is 34.4 Å². The number of halogens is 1. The van der Waals surface area contributed by atoms with Gasteiger partial charge in [-0.2, -0.15) is 0 Å². The fraction of sp³-hybridized carbons (Fsp3) is 0.333. The van der Waals surface area contributed by atoms with Crippen LogP contribution in [0.2, 0.25) is 0 Å². The maximum Gasteiger partial charge on any atom is 0.313 e. The molecule has 6 nitrogen and oxygen atoms in total. The molecule has 0 fully saturated rings. The van der Waals surface area contributed by atoms with Crippen molar-refractivity contribution in [2.45, 2.75) is 11.7 Å². The Kier molecular flexibility index (Phi) is 5.15. The van der Waals surface area contributed by atoms with Crippen molar-refractivity contribution in [1.82, 2.24) is 9.55 Å². The summed E-state index contributed by atoms with van der Waals surface area (Å²) in [7, 11) is -3.10. The lowest BCUT2D eigenvalue weighted by atomic mass is 10.3. The van der Waals surface area contributed by atoms with Gasteiger partial charge >= 0.3 is 5.97 Å². The summed E-state index contributed by atoms with van der Waals surface area (Å²) in [6.07, 6.45) is 1.18. The number of imidazole rings is 1. The molecule has 0 aliphatic carbocycles. The summed E-state index contributed by atoms with van der Waals surface area (Å²) in [6.45, 7) is 0.262. The van der Waals surface area contributed by atoms with Gasteiger partial charge in [-0.3, -0.25) is 4.79 Å². The molecule has 1 N–H and O–H groups in total. The molecule has 1 aromatic heterocycles. The smallest absolute Gasteiger partial charge is 0.313 e. The summed E-state index contributed by atoms with van der Waals surface area (Å²) < 4.78 is 25.5. The molecule has 0 unspecified atom stereocenters. The SMILES string of the molecule is CS(=O)(=O)CCn1c(SCC(=O)O)nc2cc(I)ccc21. The Balaban J connectivity index is 2.41. The molecule has 0 radical (unpaired) electrons. The van der Waals surface area contributed by atoms with Gasteiger partial charge < -0.3 is 9.67 Å². The van der Waals surface area contributed by atoms with E-state index in [1.165, 1.54) is 6.26 Å². The zero-order valence-electron chi connectivity index (χ0n) is 11.1. The predicted molar refractivity (Wildman–Crippen MR) is 90.5 cm³/mol. The van der Waals surface area contributed by atoms with Crippen molar-refractivity contribution in [2.24, 2.45) is 0 Å². The number of aliphatic carboxylic acids is 1. The van der Waals surface area contributed by atoms with Crippen molar-refractivity contribution < 1.29 is 18.3 Å². The van der Waals surface area contributed by atoms with Crippen molar-refractivity contribution in [3.63, 3.8) is 0 Å². The molecule has 0 atom stereocenters. The second-order valence-corrected chi connectivity index (χ2v) is 8.94. The number of sulfone groups is 1. The van der Waals surface area contributed by atoms with E-state index < -0.39 is 15.8 Å². The minimum atomic E-state index is -3.10. The van der Waals surface area contributed by atoms with Crippen LogP contribution in [0.25, 0.3) is 11.0 Å². The summed E-state index contributed by atoms with van der Waals surface area (Å²) in [5.41, 5.74) is 1.55. The van der Waals surface area contributed by atoms with Crippen LogP contribution in [0.4, 0.5) is 0 Å². The molecule has 0 saturated carbocycles. The molecular weight excluding hydrogens is 427 g/mol. The van der Waals surface area contributed by atoms with E-state index >= 15 is 0 Å². The second-order valence-electron chi connectivity index (χ2n) is 4.49. The van der Waals surface area contributed by atoms with Crippen LogP contribution in [0, 0.1) is 3.57 Å². The first-order chi connectivity index (χ1) is 9.76. The second kappa shape index (κ2) is 6.53.